The molecule has 0 bridgehead atoms. The number of anilines is 1. The van der Waals surface area contributed by atoms with Gasteiger partial charge in [-0.1, -0.05) is 35.1 Å². The van der Waals surface area contributed by atoms with E-state index in [4.69, 9.17) is 4.74 Å². The van der Waals surface area contributed by atoms with Gasteiger partial charge in [0, 0.05) is 19.0 Å². The molecule has 1 aliphatic heterocycles. The molecular formula is C22H25N3O4S2. The van der Waals surface area contributed by atoms with Gasteiger partial charge in [0.1, 0.15) is 11.3 Å². The van der Waals surface area contributed by atoms with Crippen LogP contribution >= 0.6 is 11.3 Å². The molecule has 2 heterocycles. The molecule has 0 saturated carbocycles. The minimum absolute atomic E-state index is 0.121. The van der Waals surface area contributed by atoms with E-state index in [9.17, 15) is 13.2 Å². The second-order valence-corrected chi connectivity index (χ2v) is 10.5. The van der Waals surface area contributed by atoms with E-state index in [1.165, 1.54) is 15.6 Å². The predicted octanol–water partition coefficient (Wildman–Crippen LogP) is 4.04. The first kappa shape index (κ1) is 21.7. The van der Waals surface area contributed by atoms with Gasteiger partial charge >= 0.3 is 0 Å². The Bertz CT molecular complexity index is 1180. The molecule has 3 aromatic rings. The van der Waals surface area contributed by atoms with Gasteiger partial charge in [-0.3, -0.25) is 4.79 Å². The van der Waals surface area contributed by atoms with Crippen LogP contribution in [0.3, 0.4) is 0 Å². The van der Waals surface area contributed by atoms with Gasteiger partial charge in [-0.2, -0.15) is 4.31 Å². The fourth-order valence-electron chi connectivity index (χ4n) is 3.67. The number of sulfonamides is 1. The number of hydrogen-bond acceptors (Lipinski definition) is 6. The molecule has 0 atom stereocenters. The van der Waals surface area contributed by atoms with Crippen molar-refractivity contribution in [1.82, 2.24) is 9.29 Å². The van der Waals surface area contributed by atoms with E-state index in [0.717, 1.165) is 15.8 Å². The van der Waals surface area contributed by atoms with Crippen LogP contribution in [0.1, 0.15) is 25.3 Å². The summed E-state index contributed by atoms with van der Waals surface area (Å²) < 4.78 is 33.7. The van der Waals surface area contributed by atoms with Crippen molar-refractivity contribution in [2.45, 2.75) is 31.6 Å². The number of fused-ring (bicyclic) bond motifs is 1. The number of aromatic nitrogens is 1. The lowest BCUT2D eigenvalue weighted by atomic mass is 9.97. The summed E-state index contributed by atoms with van der Waals surface area (Å²) in [5, 5.41) is 3.44. The highest BCUT2D eigenvalue weighted by molar-refractivity contribution is 7.89. The zero-order valence-electron chi connectivity index (χ0n) is 17.5. The Hall–Kier alpha value is -2.49. The maximum atomic E-state index is 12.9. The molecule has 1 saturated heterocycles. The molecule has 1 N–H and O–H groups in total. The molecular weight excluding hydrogens is 434 g/mol. The van der Waals surface area contributed by atoms with Crippen molar-refractivity contribution >= 4 is 42.6 Å². The Kier molecular flexibility index (Phi) is 6.27. The fourth-order valence-corrected chi connectivity index (χ4v) is 6.03. The summed E-state index contributed by atoms with van der Waals surface area (Å²) in [6, 6.07) is 12.6. The number of benzene rings is 2. The number of amides is 1. The third-order valence-electron chi connectivity index (χ3n) is 5.40. The number of rotatable bonds is 6. The van der Waals surface area contributed by atoms with Gasteiger partial charge in [-0.05, 0) is 51.0 Å². The molecule has 1 amide bonds. The zero-order valence-corrected chi connectivity index (χ0v) is 19.1. The Morgan fingerprint density at radius 2 is 1.90 bits per heavy atom. The van der Waals surface area contributed by atoms with Crippen LogP contribution in [0.2, 0.25) is 0 Å². The van der Waals surface area contributed by atoms with Crippen molar-refractivity contribution in [3.05, 3.63) is 48.0 Å². The largest absolute Gasteiger partial charge is 0.492 e. The number of piperidine rings is 1. The van der Waals surface area contributed by atoms with Crippen molar-refractivity contribution in [1.29, 1.82) is 0 Å². The van der Waals surface area contributed by atoms with Crippen molar-refractivity contribution in [2.75, 3.05) is 25.0 Å². The van der Waals surface area contributed by atoms with Gasteiger partial charge in [0.2, 0.25) is 15.9 Å². The molecule has 0 spiro atoms. The number of hydrogen-bond donors (Lipinski definition) is 1. The van der Waals surface area contributed by atoms with Crippen LogP contribution < -0.4 is 10.1 Å². The van der Waals surface area contributed by atoms with Crippen LogP contribution in [-0.4, -0.2) is 43.3 Å². The highest BCUT2D eigenvalue weighted by Crippen LogP contribution is 2.33. The molecule has 7 nitrogen and oxygen atoms in total. The Morgan fingerprint density at radius 3 is 2.58 bits per heavy atom. The van der Waals surface area contributed by atoms with Crippen molar-refractivity contribution in [3.63, 3.8) is 0 Å². The first-order valence-electron chi connectivity index (χ1n) is 10.3. The highest BCUT2D eigenvalue weighted by Gasteiger charge is 2.32. The molecule has 0 aliphatic carbocycles. The van der Waals surface area contributed by atoms with Gasteiger partial charge < -0.3 is 10.1 Å². The fraction of sp³-hybridized carbons (Fsp3) is 0.364. The van der Waals surface area contributed by atoms with E-state index in [-0.39, 0.29) is 11.8 Å². The standard InChI is InChI=1S/C22H25N3O4S2/c1-3-29-18-5-4-6-19-20(18)23-22(30-19)24-21(26)16-11-13-25(14-12-16)31(27,28)17-9-7-15(2)8-10-17/h4-10,16H,3,11-14H2,1-2H3,(H,23,24,26). The quantitative estimate of drug-likeness (QED) is 0.601. The first-order chi connectivity index (χ1) is 14.9. The van der Waals surface area contributed by atoms with Crippen molar-refractivity contribution in [3.8, 4) is 5.75 Å². The van der Waals surface area contributed by atoms with E-state index in [0.29, 0.717) is 48.3 Å². The van der Waals surface area contributed by atoms with Gasteiger partial charge in [-0.25, -0.2) is 13.4 Å². The molecule has 9 heteroatoms. The average Bonchev–Trinajstić information content (AvgIpc) is 3.18. The third-order valence-corrected chi connectivity index (χ3v) is 8.24. The highest BCUT2D eigenvalue weighted by atomic mass is 32.2. The minimum atomic E-state index is -3.54. The molecule has 2 aromatic carbocycles. The zero-order chi connectivity index (χ0) is 22.0. The lowest BCUT2D eigenvalue weighted by Gasteiger charge is -2.30. The number of thiazole rings is 1. The lowest BCUT2D eigenvalue weighted by molar-refractivity contribution is -0.120. The SMILES string of the molecule is CCOc1cccc2sc(NC(=O)C3CCN(S(=O)(=O)c4ccc(C)cc4)CC3)nc12. The number of para-hydroxylation sites is 1. The Labute approximate surface area is 186 Å². The van der Waals surface area contributed by atoms with E-state index >= 15 is 0 Å². The number of nitrogens with zero attached hydrogens (tertiary/aromatic N) is 2. The first-order valence-corrected chi connectivity index (χ1v) is 12.5. The van der Waals surface area contributed by atoms with Crippen LogP contribution in [-0.2, 0) is 14.8 Å². The van der Waals surface area contributed by atoms with E-state index in [1.807, 2.05) is 32.0 Å². The lowest BCUT2D eigenvalue weighted by Crippen LogP contribution is -2.41. The second-order valence-electron chi connectivity index (χ2n) is 7.54. The molecule has 31 heavy (non-hydrogen) atoms. The molecule has 1 aliphatic rings. The number of aryl methyl sites for hydroxylation is 1. The van der Waals surface area contributed by atoms with E-state index in [2.05, 4.69) is 10.3 Å². The second kappa shape index (κ2) is 8.94. The van der Waals surface area contributed by atoms with Gasteiger partial charge in [0.25, 0.3) is 0 Å². The van der Waals surface area contributed by atoms with Crippen LogP contribution in [0.25, 0.3) is 10.2 Å². The minimum Gasteiger partial charge on any atom is -0.492 e. The van der Waals surface area contributed by atoms with Crippen LogP contribution in [0.5, 0.6) is 5.75 Å². The summed E-state index contributed by atoms with van der Waals surface area (Å²) in [4.78, 5) is 17.6. The predicted molar refractivity (Wildman–Crippen MR) is 122 cm³/mol. The topological polar surface area (TPSA) is 88.6 Å². The molecule has 164 valence electrons. The summed E-state index contributed by atoms with van der Waals surface area (Å²) in [6.07, 6.45) is 0.956. The molecule has 0 unspecified atom stereocenters. The maximum absolute atomic E-state index is 12.9. The monoisotopic (exact) mass is 459 g/mol. The van der Waals surface area contributed by atoms with Crippen LogP contribution in [0.15, 0.2) is 47.4 Å². The normalized spacial score (nSPS) is 15.8. The summed E-state index contributed by atoms with van der Waals surface area (Å²) in [5.41, 5.74) is 1.75. The van der Waals surface area contributed by atoms with E-state index in [1.54, 1.807) is 24.3 Å². The number of nitrogens with one attached hydrogen (secondary N) is 1. The number of carbonyl (C=O) groups is 1. The summed E-state index contributed by atoms with van der Waals surface area (Å²) >= 11 is 1.40. The number of carbonyl (C=O) groups excluding carboxylic acids is 1. The van der Waals surface area contributed by atoms with Crippen LogP contribution in [0.4, 0.5) is 5.13 Å². The smallest absolute Gasteiger partial charge is 0.243 e. The maximum Gasteiger partial charge on any atom is 0.243 e. The third kappa shape index (κ3) is 4.58. The summed E-state index contributed by atoms with van der Waals surface area (Å²) in [5.74, 6) is 0.332. The van der Waals surface area contributed by atoms with Gasteiger partial charge in [0.05, 0.1) is 16.2 Å². The van der Waals surface area contributed by atoms with Gasteiger partial charge in [0.15, 0.2) is 5.13 Å². The summed E-state index contributed by atoms with van der Waals surface area (Å²) in [7, 11) is -3.54. The van der Waals surface area contributed by atoms with Crippen LogP contribution in [0, 0.1) is 12.8 Å². The molecule has 0 radical (unpaired) electrons. The number of ether oxygens (including phenoxy) is 1. The van der Waals surface area contributed by atoms with Crippen molar-refractivity contribution < 1.29 is 17.9 Å². The van der Waals surface area contributed by atoms with Gasteiger partial charge in [-0.15, -0.1) is 0 Å². The molecule has 1 aromatic heterocycles. The van der Waals surface area contributed by atoms with Crippen molar-refractivity contribution in [2.24, 2.45) is 5.92 Å². The average molecular weight is 460 g/mol. The molecule has 1 fully saturated rings. The van der Waals surface area contributed by atoms with E-state index < -0.39 is 10.0 Å². The molecule has 4 rings (SSSR count). The Morgan fingerprint density at radius 1 is 1.19 bits per heavy atom. The summed E-state index contributed by atoms with van der Waals surface area (Å²) in [6.45, 7) is 5.02. The Balaban J connectivity index is 1.40.